The zero-order valence-corrected chi connectivity index (χ0v) is 9.40. The van der Waals surface area contributed by atoms with Crippen LogP contribution >= 0.6 is 0 Å². The van der Waals surface area contributed by atoms with Crippen LogP contribution in [0.15, 0.2) is 0 Å². The standard InChI is InChI=1S/C11H15NO4/c1-11(2,10(15)16)12-8(13)6-3-4-7(5-6)9(12)14/h6-7H,3-5H2,1-2H3,(H,15,16). The van der Waals surface area contributed by atoms with Gasteiger partial charge >= 0.3 is 5.97 Å². The first-order valence-electron chi connectivity index (χ1n) is 5.47. The number of carboxylic acid groups (broad SMARTS) is 1. The van der Waals surface area contributed by atoms with Crippen molar-refractivity contribution in [1.29, 1.82) is 0 Å². The Bertz CT molecular complexity index is 352. The fourth-order valence-corrected chi connectivity index (χ4v) is 2.55. The van der Waals surface area contributed by atoms with Crippen molar-refractivity contribution in [1.82, 2.24) is 4.90 Å². The molecule has 2 fully saturated rings. The highest BCUT2D eigenvalue weighted by molar-refractivity contribution is 6.05. The molecule has 2 rings (SSSR count). The van der Waals surface area contributed by atoms with Crippen molar-refractivity contribution < 1.29 is 19.5 Å². The molecule has 0 radical (unpaired) electrons. The maximum absolute atomic E-state index is 12.0. The Kier molecular flexibility index (Phi) is 2.29. The molecule has 5 heteroatoms. The van der Waals surface area contributed by atoms with E-state index in [2.05, 4.69) is 0 Å². The number of fused-ring (bicyclic) bond motifs is 2. The molecule has 2 aliphatic rings. The maximum atomic E-state index is 12.0. The number of rotatable bonds is 2. The number of amides is 2. The average Bonchev–Trinajstić information content (AvgIpc) is 2.60. The number of hydrogen-bond acceptors (Lipinski definition) is 3. The van der Waals surface area contributed by atoms with Crippen LogP contribution in [-0.4, -0.2) is 33.3 Å². The Morgan fingerprint density at radius 1 is 1.25 bits per heavy atom. The lowest BCUT2D eigenvalue weighted by Crippen LogP contribution is -2.60. The van der Waals surface area contributed by atoms with Crippen LogP contribution in [0.25, 0.3) is 0 Å². The van der Waals surface area contributed by atoms with Gasteiger partial charge in [0.2, 0.25) is 11.8 Å². The number of imide groups is 1. The van der Waals surface area contributed by atoms with Crippen molar-refractivity contribution in [3.05, 3.63) is 0 Å². The van der Waals surface area contributed by atoms with Gasteiger partial charge in [-0.25, -0.2) is 4.79 Å². The monoisotopic (exact) mass is 225 g/mol. The van der Waals surface area contributed by atoms with E-state index in [1.165, 1.54) is 13.8 Å². The highest BCUT2D eigenvalue weighted by Crippen LogP contribution is 2.40. The van der Waals surface area contributed by atoms with Crippen LogP contribution in [-0.2, 0) is 14.4 Å². The Labute approximate surface area is 93.4 Å². The van der Waals surface area contributed by atoms with Gasteiger partial charge in [0, 0.05) is 11.8 Å². The van der Waals surface area contributed by atoms with Gasteiger partial charge in [-0.15, -0.1) is 0 Å². The Balaban J connectivity index is 2.37. The largest absolute Gasteiger partial charge is 0.480 e. The van der Waals surface area contributed by atoms with E-state index in [-0.39, 0.29) is 23.7 Å². The van der Waals surface area contributed by atoms with Crippen molar-refractivity contribution >= 4 is 17.8 Å². The number of hydrogen-bond donors (Lipinski definition) is 1. The topological polar surface area (TPSA) is 74.7 Å². The number of piperidine rings is 1. The van der Waals surface area contributed by atoms with E-state index in [4.69, 9.17) is 5.11 Å². The summed E-state index contributed by atoms with van der Waals surface area (Å²) in [7, 11) is 0. The molecular formula is C11H15NO4. The van der Waals surface area contributed by atoms with Gasteiger partial charge in [0.05, 0.1) is 0 Å². The number of carboxylic acids is 1. The molecule has 2 unspecified atom stereocenters. The highest BCUT2D eigenvalue weighted by atomic mass is 16.4. The first kappa shape index (κ1) is 11.1. The molecule has 1 aliphatic carbocycles. The molecule has 1 heterocycles. The summed E-state index contributed by atoms with van der Waals surface area (Å²) in [6.45, 7) is 2.80. The number of aliphatic carboxylic acids is 1. The van der Waals surface area contributed by atoms with Gasteiger partial charge in [-0.05, 0) is 33.1 Å². The number of likely N-dealkylation sites (tertiary alicyclic amines) is 1. The third kappa shape index (κ3) is 1.34. The van der Waals surface area contributed by atoms with Gasteiger partial charge in [-0.2, -0.15) is 0 Å². The summed E-state index contributed by atoms with van der Waals surface area (Å²) in [6.07, 6.45) is 2.02. The van der Waals surface area contributed by atoms with Crippen LogP contribution in [0, 0.1) is 11.8 Å². The molecule has 2 bridgehead atoms. The number of carbonyl (C=O) groups is 3. The molecule has 16 heavy (non-hydrogen) atoms. The molecular weight excluding hydrogens is 210 g/mol. The predicted molar refractivity (Wildman–Crippen MR) is 54.4 cm³/mol. The molecule has 0 aromatic rings. The fraction of sp³-hybridized carbons (Fsp3) is 0.727. The van der Waals surface area contributed by atoms with Gasteiger partial charge in [-0.1, -0.05) is 0 Å². The lowest BCUT2D eigenvalue weighted by Gasteiger charge is -2.38. The first-order chi connectivity index (χ1) is 7.35. The van der Waals surface area contributed by atoms with Crippen LogP contribution in [0.4, 0.5) is 0 Å². The first-order valence-corrected chi connectivity index (χ1v) is 5.47. The van der Waals surface area contributed by atoms with Crippen LogP contribution in [0.2, 0.25) is 0 Å². The van der Waals surface area contributed by atoms with Crippen LogP contribution < -0.4 is 0 Å². The van der Waals surface area contributed by atoms with Gasteiger partial charge in [-0.3, -0.25) is 14.5 Å². The summed E-state index contributed by atoms with van der Waals surface area (Å²) in [4.78, 5) is 36.0. The number of nitrogens with zero attached hydrogens (tertiary/aromatic N) is 1. The summed E-state index contributed by atoms with van der Waals surface area (Å²) >= 11 is 0. The Morgan fingerprint density at radius 3 is 2.06 bits per heavy atom. The van der Waals surface area contributed by atoms with Gasteiger partial charge in [0.1, 0.15) is 5.54 Å². The quantitative estimate of drug-likeness (QED) is 0.699. The molecule has 0 aromatic heterocycles. The second-order valence-corrected chi connectivity index (χ2v) is 5.08. The SMILES string of the molecule is CC(C)(C(=O)O)N1C(=O)C2CCC(C2)C1=O. The van der Waals surface area contributed by atoms with Crippen LogP contribution in [0.3, 0.4) is 0 Å². The van der Waals surface area contributed by atoms with Crippen LogP contribution in [0.1, 0.15) is 33.1 Å². The maximum Gasteiger partial charge on any atom is 0.329 e. The summed E-state index contributed by atoms with van der Waals surface area (Å²) < 4.78 is 0. The minimum atomic E-state index is -1.44. The van der Waals surface area contributed by atoms with Crippen molar-refractivity contribution in [2.45, 2.75) is 38.6 Å². The zero-order valence-electron chi connectivity index (χ0n) is 9.40. The summed E-state index contributed by atoms with van der Waals surface area (Å²) in [5.74, 6) is -2.07. The van der Waals surface area contributed by atoms with Crippen molar-refractivity contribution in [2.75, 3.05) is 0 Å². The van der Waals surface area contributed by atoms with Gasteiger partial charge in [0.25, 0.3) is 0 Å². The normalized spacial score (nSPS) is 29.8. The Morgan fingerprint density at radius 2 is 1.69 bits per heavy atom. The predicted octanol–water partition coefficient (Wildman–Crippen LogP) is 0.635. The molecule has 88 valence electrons. The second-order valence-electron chi connectivity index (χ2n) is 5.08. The third-order valence-electron chi connectivity index (χ3n) is 3.65. The van der Waals surface area contributed by atoms with E-state index in [9.17, 15) is 14.4 Å². The van der Waals surface area contributed by atoms with E-state index in [0.717, 1.165) is 4.90 Å². The van der Waals surface area contributed by atoms with E-state index in [0.29, 0.717) is 19.3 Å². The fourth-order valence-electron chi connectivity index (χ4n) is 2.55. The molecule has 2 atom stereocenters. The van der Waals surface area contributed by atoms with Crippen molar-refractivity contribution in [3.63, 3.8) is 0 Å². The zero-order chi connectivity index (χ0) is 12.1. The molecule has 1 saturated heterocycles. The third-order valence-corrected chi connectivity index (χ3v) is 3.65. The average molecular weight is 225 g/mol. The molecule has 1 saturated carbocycles. The second kappa shape index (κ2) is 3.30. The minimum Gasteiger partial charge on any atom is -0.480 e. The van der Waals surface area contributed by atoms with E-state index < -0.39 is 11.5 Å². The minimum absolute atomic E-state index is 0.152. The van der Waals surface area contributed by atoms with Crippen molar-refractivity contribution in [2.24, 2.45) is 11.8 Å². The lowest BCUT2D eigenvalue weighted by molar-refractivity contribution is -0.169. The highest BCUT2D eigenvalue weighted by Gasteiger charge is 2.52. The van der Waals surface area contributed by atoms with Gasteiger partial charge < -0.3 is 5.11 Å². The molecule has 2 amide bonds. The number of carbonyl (C=O) groups excluding carboxylic acids is 2. The molecule has 5 nitrogen and oxygen atoms in total. The van der Waals surface area contributed by atoms with Crippen molar-refractivity contribution in [3.8, 4) is 0 Å². The van der Waals surface area contributed by atoms with E-state index in [1.54, 1.807) is 0 Å². The smallest absolute Gasteiger partial charge is 0.329 e. The summed E-state index contributed by atoms with van der Waals surface area (Å²) in [6, 6.07) is 0. The molecule has 1 N–H and O–H groups in total. The molecule has 0 spiro atoms. The summed E-state index contributed by atoms with van der Waals surface area (Å²) in [5, 5.41) is 9.08. The molecule has 1 aliphatic heterocycles. The Hall–Kier alpha value is -1.39. The molecule has 0 aromatic carbocycles. The van der Waals surface area contributed by atoms with Gasteiger partial charge in [0.15, 0.2) is 0 Å². The van der Waals surface area contributed by atoms with E-state index in [1.807, 2.05) is 0 Å². The van der Waals surface area contributed by atoms with E-state index >= 15 is 0 Å². The summed E-state index contributed by atoms with van der Waals surface area (Å²) in [5.41, 5.74) is -1.44. The van der Waals surface area contributed by atoms with Crippen LogP contribution in [0.5, 0.6) is 0 Å². The lowest BCUT2D eigenvalue weighted by atomic mass is 9.91.